The molecule has 0 aliphatic heterocycles. The molecule has 2 aromatic heterocycles. The first-order valence-corrected chi connectivity index (χ1v) is 5.40. The van der Waals surface area contributed by atoms with E-state index < -0.39 is 0 Å². The smallest absolute Gasteiger partial charge is 0.348 e. The minimum absolute atomic E-state index is 0.300. The van der Waals surface area contributed by atoms with Gasteiger partial charge in [0.2, 0.25) is 0 Å². The molecule has 0 fully saturated rings. The highest BCUT2D eigenvalue weighted by Gasteiger charge is 2.07. The van der Waals surface area contributed by atoms with Crippen molar-refractivity contribution < 1.29 is 5.11 Å². The van der Waals surface area contributed by atoms with Crippen LogP contribution in [-0.2, 0) is 0 Å². The summed E-state index contributed by atoms with van der Waals surface area (Å²) >= 11 is 0. The fraction of sp³-hybridized carbons (Fsp3) is 0.500. The van der Waals surface area contributed by atoms with Crippen molar-refractivity contribution >= 4 is 11.5 Å². The van der Waals surface area contributed by atoms with Crippen LogP contribution >= 0.6 is 0 Å². The Labute approximate surface area is 97.7 Å². The number of rotatable bonds is 4. The number of aromatic nitrogens is 4. The lowest BCUT2D eigenvalue weighted by Gasteiger charge is -2.18. The minimum atomic E-state index is -0.339. The molecule has 7 nitrogen and oxygen atoms in total. The van der Waals surface area contributed by atoms with Gasteiger partial charge >= 0.3 is 5.69 Å². The maximum absolute atomic E-state index is 11.2. The SMILES string of the molecule is CC(O)CCN(C)c1cc2n[nH]c(=O)n2cn1. The number of hydrogen-bond acceptors (Lipinski definition) is 5. The molecular weight excluding hydrogens is 222 g/mol. The zero-order valence-corrected chi connectivity index (χ0v) is 9.79. The van der Waals surface area contributed by atoms with Gasteiger partial charge in [0, 0.05) is 19.7 Å². The third kappa shape index (κ3) is 2.44. The van der Waals surface area contributed by atoms with Gasteiger partial charge in [-0.25, -0.2) is 19.3 Å². The summed E-state index contributed by atoms with van der Waals surface area (Å²) in [4.78, 5) is 17.3. The molecular formula is C10H15N5O2. The summed E-state index contributed by atoms with van der Waals surface area (Å²) in [5, 5.41) is 15.4. The van der Waals surface area contributed by atoms with E-state index in [0.717, 1.165) is 5.82 Å². The molecule has 0 saturated heterocycles. The first-order valence-electron chi connectivity index (χ1n) is 5.40. The Balaban J connectivity index is 2.21. The summed E-state index contributed by atoms with van der Waals surface area (Å²) in [5.74, 6) is 0.720. The zero-order valence-electron chi connectivity index (χ0n) is 9.79. The second-order valence-electron chi connectivity index (χ2n) is 4.06. The van der Waals surface area contributed by atoms with Gasteiger partial charge < -0.3 is 10.0 Å². The Morgan fingerprint density at radius 3 is 3.12 bits per heavy atom. The second kappa shape index (κ2) is 4.54. The van der Waals surface area contributed by atoms with E-state index in [9.17, 15) is 9.90 Å². The van der Waals surface area contributed by atoms with Crippen molar-refractivity contribution in [2.45, 2.75) is 19.4 Å². The maximum Gasteiger partial charge on any atom is 0.348 e. The summed E-state index contributed by atoms with van der Waals surface area (Å²) in [6.45, 7) is 2.44. The number of aliphatic hydroxyl groups is 1. The van der Waals surface area contributed by atoms with Gasteiger partial charge in [-0.1, -0.05) is 0 Å². The van der Waals surface area contributed by atoms with Crippen molar-refractivity contribution in [1.29, 1.82) is 0 Å². The van der Waals surface area contributed by atoms with Crippen molar-refractivity contribution in [3.05, 3.63) is 22.9 Å². The average molecular weight is 237 g/mol. The molecule has 92 valence electrons. The summed E-state index contributed by atoms with van der Waals surface area (Å²) in [6, 6.07) is 1.72. The molecule has 0 radical (unpaired) electrons. The van der Waals surface area contributed by atoms with Crippen LogP contribution in [0, 0.1) is 0 Å². The predicted molar refractivity (Wildman–Crippen MR) is 63.2 cm³/mol. The van der Waals surface area contributed by atoms with Gasteiger partial charge in [0.1, 0.15) is 12.1 Å². The molecule has 1 unspecified atom stereocenters. The van der Waals surface area contributed by atoms with E-state index in [1.54, 1.807) is 13.0 Å². The topological polar surface area (TPSA) is 86.5 Å². The summed E-state index contributed by atoms with van der Waals surface area (Å²) in [5.41, 5.74) is 0.231. The summed E-state index contributed by atoms with van der Waals surface area (Å²) in [6.07, 6.45) is 1.76. The lowest BCUT2D eigenvalue weighted by atomic mass is 10.3. The van der Waals surface area contributed by atoms with Crippen molar-refractivity contribution in [1.82, 2.24) is 19.6 Å². The van der Waals surface area contributed by atoms with E-state index in [0.29, 0.717) is 18.6 Å². The van der Waals surface area contributed by atoms with E-state index in [4.69, 9.17) is 0 Å². The molecule has 0 amide bonds. The first kappa shape index (κ1) is 11.6. The molecule has 0 aliphatic rings. The number of nitrogens with zero attached hydrogens (tertiary/aromatic N) is 4. The Hall–Kier alpha value is -1.89. The monoisotopic (exact) mass is 237 g/mol. The standard InChI is InChI=1S/C10H15N5O2/c1-7(16)3-4-14(2)8-5-9-12-13-10(17)15(9)6-11-8/h5-7,16H,3-4H2,1-2H3,(H,13,17). The van der Waals surface area contributed by atoms with Crippen LogP contribution in [0.4, 0.5) is 5.82 Å². The van der Waals surface area contributed by atoms with Gasteiger partial charge in [0.05, 0.1) is 6.10 Å². The van der Waals surface area contributed by atoms with Crippen molar-refractivity contribution in [3.63, 3.8) is 0 Å². The number of H-pyrrole nitrogens is 1. The van der Waals surface area contributed by atoms with Crippen LogP contribution in [0.2, 0.25) is 0 Å². The van der Waals surface area contributed by atoms with Crippen molar-refractivity contribution in [2.75, 3.05) is 18.5 Å². The molecule has 2 N–H and O–H groups in total. The van der Waals surface area contributed by atoms with Gasteiger partial charge in [-0.15, -0.1) is 0 Å². The molecule has 2 heterocycles. The number of fused-ring (bicyclic) bond motifs is 1. The fourth-order valence-corrected chi connectivity index (χ4v) is 1.50. The molecule has 0 saturated carbocycles. The van der Waals surface area contributed by atoms with Gasteiger partial charge in [-0.3, -0.25) is 0 Å². The summed E-state index contributed by atoms with van der Waals surface area (Å²) in [7, 11) is 1.88. The molecule has 7 heteroatoms. The van der Waals surface area contributed by atoms with Crippen LogP contribution in [0.5, 0.6) is 0 Å². The van der Waals surface area contributed by atoms with Crippen LogP contribution in [0.3, 0.4) is 0 Å². The molecule has 0 aliphatic carbocycles. The fourth-order valence-electron chi connectivity index (χ4n) is 1.50. The molecule has 2 aromatic rings. The highest BCUT2D eigenvalue weighted by molar-refractivity contribution is 5.49. The van der Waals surface area contributed by atoms with E-state index in [1.807, 2.05) is 11.9 Å². The Kier molecular flexibility index (Phi) is 3.10. The van der Waals surface area contributed by atoms with Gasteiger partial charge in [-0.05, 0) is 13.3 Å². The normalized spacial score (nSPS) is 12.9. The van der Waals surface area contributed by atoms with Crippen LogP contribution in [0.1, 0.15) is 13.3 Å². The van der Waals surface area contributed by atoms with Gasteiger partial charge in [0.25, 0.3) is 0 Å². The third-order valence-electron chi connectivity index (χ3n) is 2.57. The zero-order chi connectivity index (χ0) is 12.4. The molecule has 0 spiro atoms. The second-order valence-corrected chi connectivity index (χ2v) is 4.06. The lowest BCUT2D eigenvalue weighted by Crippen LogP contribution is -2.23. The van der Waals surface area contributed by atoms with Crippen LogP contribution in [0.15, 0.2) is 17.2 Å². The van der Waals surface area contributed by atoms with Crippen molar-refractivity contribution in [2.24, 2.45) is 0 Å². The Morgan fingerprint density at radius 1 is 1.65 bits per heavy atom. The highest BCUT2D eigenvalue weighted by atomic mass is 16.3. The Morgan fingerprint density at radius 2 is 2.41 bits per heavy atom. The van der Waals surface area contributed by atoms with Crippen LogP contribution < -0.4 is 10.6 Å². The van der Waals surface area contributed by atoms with E-state index in [2.05, 4.69) is 15.2 Å². The van der Waals surface area contributed by atoms with Gasteiger partial charge in [-0.2, -0.15) is 5.10 Å². The van der Waals surface area contributed by atoms with E-state index in [1.165, 1.54) is 10.7 Å². The number of hydrogen-bond donors (Lipinski definition) is 2. The number of aliphatic hydroxyl groups excluding tert-OH is 1. The molecule has 2 rings (SSSR count). The largest absolute Gasteiger partial charge is 0.393 e. The Bertz CT molecular complexity index is 559. The molecule has 1 atom stereocenters. The molecule has 0 bridgehead atoms. The summed E-state index contributed by atoms with van der Waals surface area (Å²) < 4.78 is 1.34. The minimum Gasteiger partial charge on any atom is -0.393 e. The van der Waals surface area contributed by atoms with Crippen LogP contribution in [-0.4, -0.2) is 44.4 Å². The van der Waals surface area contributed by atoms with E-state index in [-0.39, 0.29) is 11.8 Å². The van der Waals surface area contributed by atoms with Gasteiger partial charge in [0.15, 0.2) is 5.65 Å². The third-order valence-corrected chi connectivity index (χ3v) is 2.57. The highest BCUT2D eigenvalue weighted by Crippen LogP contribution is 2.10. The van der Waals surface area contributed by atoms with E-state index >= 15 is 0 Å². The first-order chi connectivity index (χ1) is 8.08. The van der Waals surface area contributed by atoms with Crippen LogP contribution in [0.25, 0.3) is 5.65 Å². The average Bonchev–Trinajstić information content (AvgIpc) is 2.67. The molecule has 17 heavy (non-hydrogen) atoms. The number of aromatic amines is 1. The maximum atomic E-state index is 11.2. The predicted octanol–water partition coefficient (Wildman–Crippen LogP) is -0.375. The van der Waals surface area contributed by atoms with Crippen molar-refractivity contribution in [3.8, 4) is 0 Å². The molecule has 0 aromatic carbocycles. The quantitative estimate of drug-likeness (QED) is 0.757. The lowest BCUT2D eigenvalue weighted by molar-refractivity contribution is 0.187. The number of anilines is 1. The number of nitrogens with one attached hydrogen (secondary N) is 1.